The van der Waals surface area contributed by atoms with Gasteiger partial charge >= 0.3 is 5.97 Å². The summed E-state index contributed by atoms with van der Waals surface area (Å²) < 4.78 is 15.0. The zero-order valence-corrected chi connectivity index (χ0v) is 8.56. The van der Waals surface area contributed by atoms with Gasteiger partial charge in [-0.3, -0.25) is 0 Å². The van der Waals surface area contributed by atoms with Crippen LogP contribution in [0.25, 0.3) is 0 Å². The van der Waals surface area contributed by atoms with E-state index in [9.17, 15) is 4.79 Å². The number of carbonyl (C=O) groups excluding carboxylic acids is 1. The highest BCUT2D eigenvalue weighted by Crippen LogP contribution is 2.01. The van der Waals surface area contributed by atoms with E-state index >= 15 is 0 Å². The standard InChI is InChI=1S/C10H16O4/c1-5-7-12-8(3)13-9(4)14-10(11)6-2/h5-6,8-9H,1-2,7H2,3-4H3. The van der Waals surface area contributed by atoms with Crippen molar-refractivity contribution in [3.05, 3.63) is 25.3 Å². The van der Waals surface area contributed by atoms with Crippen LogP contribution in [0.2, 0.25) is 0 Å². The number of esters is 1. The minimum absolute atomic E-state index is 0.392. The summed E-state index contributed by atoms with van der Waals surface area (Å²) in [6.07, 6.45) is 1.59. The third-order valence-corrected chi connectivity index (χ3v) is 1.28. The third kappa shape index (κ3) is 6.39. The van der Waals surface area contributed by atoms with Gasteiger partial charge in [0.25, 0.3) is 0 Å². The van der Waals surface area contributed by atoms with E-state index in [1.54, 1.807) is 19.9 Å². The molecule has 0 aliphatic heterocycles. The van der Waals surface area contributed by atoms with Crippen molar-refractivity contribution in [1.82, 2.24) is 0 Å². The molecular formula is C10H16O4. The van der Waals surface area contributed by atoms with Crippen LogP contribution in [0, 0.1) is 0 Å². The number of hydrogen-bond donors (Lipinski definition) is 0. The van der Waals surface area contributed by atoms with E-state index in [0.29, 0.717) is 6.61 Å². The van der Waals surface area contributed by atoms with Crippen LogP contribution in [0.3, 0.4) is 0 Å². The molecule has 0 aliphatic rings. The fourth-order valence-corrected chi connectivity index (χ4v) is 0.752. The van der Waals surface area contributed by atoms with Crippen LogP contribution in [0.4, 0.5) is 0 Å². The second kappa shape index (κ2) is 7.29. The highest BCUT2D eigenvalue weighted by Gasteiger charge is 2.10. The minimum Gasteiger partial charge on any atom is -0.433 e. The predicted molar refractivity (Wildman–Crippen MR) is 52.4 cm³/mol. The first kappa shape index (κ1) is 12.9. The van der Waals surface area contributed by atoms with Crippen molar-refractivity contribution >= 4 is 5.97 Å². The molecule has 0 fully saturated rings. The van der Waals surface area contributed by atoms with Gasteiger partial charge in [0.15, 0.2) is 6.29 Å². The summed E-state index contributed by atoms with van der Waals surface area (Å²) in [5.41, 5.74) is 0. The van der Waals surface area contributed by atoms with Crippen molar-refractivity contribution < 1.29 is 19.0 Å². The first-order valence-electron chi connectivity index (χ1n) is 4.31. The Morgan fingerprint density at radius 2 is 2.00 bits per heavy atom. The maximum absolute atomic E-state index is 10.7. The molecule has 0 rings (SSSR count). The third-order valence-electron chi connectivity index (χ3n) is 1.28. The van der Waals surface area contributed by atoms with Gasteiger partial charge < -0.3 is 14.2 Å². The van der Waals surface area contributed by atoms with Crippen molar-refractivity contribution in [2.24, 2.45) is 0 Å². The lowest BCUT2D eigenvalue weighted by atomic mass is 10.6. The molecule has 0 aromatic heterocycles. The first-order valence-corrected chi connectivity index (χ1v) is 4.31. The number of rotatable bonds is 7. The quantitative estimate of drug-likeness (QED) is 0.271. The van der Waals surface area contributed by atoms with Crippen molar-refractivity contribution in [2.45, 2.75) is 26.4 Å². The van der Waals surface area contributed by atoms with Crippen molar-refractivity contribution in [1.29, 1.82) is 0 Å². The lowest BCUT2D eigenvalue weighted by molar-refractivity contribution is -0.223. The molecule has 0 aromatic carbocycles. The predicted octanol–water partition coefficient (Wildman–Crippen LogP) is 1.63. The lowest BCUT2D eigenvalue weighted by Crippen LogP contribution is -2.24. The van der Waals surface area contributed by atoms with E-state index < -0.39 is 18.5 Å². The van der Waals surface area contributed by atoms with E-state index in [-0.39, 0.29) is 0 Å². The van der Waals surface area contributed by atoms with E-state index in [0.717, 1.165) is 6.08 Å². The molecule has 2 atom stereocenters. The van der Waals surface area contributed by atoms with E-state index in [1.165, 1.54) is 0 Å². The summed E-state index contributed by atoms with van der Waals surface area (Å²) in [5, 5.41) is 0. The first-order chi connectivity index (χ1) is 6.60. The average Bonchev–Trinajstić information content (AvgIpc) is 2.14. The highest BCUT2D eigenvalue weighted by molar-refractivity contribution is 5.81. The molecular weight excluding hydrogens is 184 g/mol. The molecule has 0 radical (unpaired) electrons. The molecule has 0 aromatic rings. The van der Waals surface area contributed by atoms with Gasteiger partial charge in [-0.15, -0.1) is 6.58 Å². The molecule has 0 amide bonds. The highest BCUT2D eigenvalue weighted by atomic mass is 16.8. The fourth-order valence-electron chi connectivity index (χ4n) is 0.752. The Morgan fingerprint density at radius 3 is 2.50 bits per heavy atom. The van der Waals surface area contributed by atoms with Crippen LogP contribution in [0.15, 0.2) is 25.3 Å². The molecule has 14 heavy (non-hydrogen) atoms. The summed E-state index contributed by atoms with van der Waals surface area (Å²) in [6.45, 7) is 10.5. The van der Waals surface area contributed by atoms with Gasteiger partial charge in [0.2, 0.25) is 6.29 Å². The molecule has 4 nitrogen and oxygen atoms in total. The van der Waals surface area contributed by atoms with Crippen molar-refractivity contribution in [3.8, 4) is 0 Å². The molecule has 0 saturated carbocycles. The summed E-state index contributed by atoms with van der Waals surface area (Å²) in [6, 6.07) is 0. The van der Waals surface area contributed by atoms with Gasteiger partial charge in [0.1, 0.15) is 0 Å². The lowest BCUT2D eigenvalue weighted by Gasteiger charge is -2.18. The molecule has 0 heterocycles. The zero-order valence-electron chi connectivity index (χ0n) is 8.56. The summed E-state index contributed by atoms with van der Waals surface area (Å²) in [4.78, 5) is 10.7. The van der Waals surface area contributed by atoms with Crippen LogP contribution in [0.1, 0.15) is 13.8 Å². The smallest absolute Gasteiger partial charge is 0.332 e. The fraction of sp³-hybridized carbons (Fsp3) is 0.500. The maximum Gasteiger partial charge on any atom is 0.332 e. The molecule has 0 saturated heterocycles. The summed E-state index contributed by atoms with van der Waals surface area (Å²) >= 11 is 0. The van der Waals surface area contributed by atoms with Crippen molar-refractivity contribution in [3.63, 3.8) is 0 Å². The van der Waals surface area contributed by atoms with E-state index in [4.69, 9.17) is 14.2 Å². The van der Waals surface area contributed by atoms with Gasteiger partial charge in [-0.25, -0.2) is 4.79 Å². The number of ether oxygens (including phenoxy) is 3. The number of carbonyl (C=O) groups is 1. The van der Waals surface area contributed by atoms with Crippen LogP contribution >= 0.6 is 0 Å². The van der Waals surface area contributed by atoms with Gasteiger partial charge in [0.05, 0.1) is 6.61 Å². The van der Waals surface area contributed by atoms with E-state index in [1.807, 2.05) is 0 Å². The van der Waals surface area contributed by atoms with E-state index in [2.05, 4.69) is 13.2 Å². The van der Waals surface area contributed by atoms with Gasteiger partial charge in [-0.05, 0) is 13.8 Å². The Bertz CT molecular complexity index is 200. The molecule has 4 heteroatoms. The Balaban J connectivity index is 3.69. The molecule has 2 unspecified atom stereocenters. The molecule has 0 aliphatic carbocycles. The van der Waals surface area contributed by atoms with Crippen LogP contribution < -0.4 is 0 Å². The largest absolute Gasteiger partial charge is 0.433 e. The minimum atomic E-state index is -0.652. The molecule has 0 N–H and O–H groups in total. The Hall–Kier alpha value is -1.13. The molecule has 80 valence electrons. The van der Waals surface area contributed by atoms with Crippen LogP contribution in [-0.4, -0.2) is 25.2 Å². The summed E-state index contributed by atoms with van der Waals surface area (Å²) in [5.74, 6) is -0.520. The molecule has 0 bridgehead atoms. The maximum atomic E-state index is 10.7. The number of hydrogen-bond acceptors (Lipinski definition) is 4. The Kier molecular flexibility index (Phi) is 6.70. The monoisotopic (exact) mass is 200 g/mol. The SMILES string of the molecule is C=CCOC(C)OC(C)OC(=O)C=C. The van der Waals surface area contributed by atoms with Crippen LogP contribution in [-0.2, 0) is 19.0 Å². The normalized spacial score (nSPS) is 14.1. The van der Waals surface area contributed by atoms with Crippen LogP contribution in [0.5, 0.6) is 0 Å². The Morgan fingerprint density at radius 1 is 1.36 bits per heavy atom. The molecule has 0 spiro atoms. The van der Waals surface area contributed by atoms with Gasteiger partial charge in [-0.1, -0.05) is 12.7 Å². The second-order valence-corrected chi connectivity index (χ2v) is 2.53. The average molecular weight is 200 g/mol. The Labute approximate surface area is 84.1 Å². The van der Waals surface area contributed by atoms with Gasteiger partial charge in [-0.2, -0.15) is 0 Å². The second-order valence-electron chi connectivity index (χ2n) is 2.53. The van der Waals surface area contributed by atoms with Crippen molar-refractivity contribution in [2.75, 3.05) is 6.61 Å². The van der Waals surface area contributed by atoms with Gasteiger partial charge in [0, 0.05) is 6.08 Å². The zero-order chi connectivity index (χ0) is 11.0. The topological polar surface area (TPSA) is 44.8 Å². The summed E-state index contributed by atoms with van der Waals surface area (Å²) in [7, 11) is 0.